The van der Waals surface area contributed by atoms with E-state index >= 15 is 0 Å². The molecule has 0 atom stereocenters. The molecule has 0 saturated carbocycles. The van der Waals surface area contributed by atoms with Crippen molar-refractivity contribution < 1.29 is 9.21 Å². The summed E-state index contributed by atoms with van der Waals surface area (Å²) in [5.41, 5.74) is 4.92. The van der Waals surface area contributed by atoms with Crippen LogP contribution in [0.4, 0.5) is 10.8 Å². The second kappa shape index (κ2) is 7.49. The number of amides is 2. The molecule has 0 radical (unpaired) electrons. The molecule has 1 rings (SSSR count). The highest BCUT2D eigenvalue weighted by molar-refractivity contribution is 5.71. The summed E-state index contributed by atoms with van der Waals surface area (Å²) < 4.78 is 5.33. The number of aromatic nitrogens is 2. The van der Waals surface area contributed by atoms with Gasteiger partial charge in [0.2, 0.25) is 5.89 Å². The van der Waals surface area contributed by atoms with E-state index < -0.39 is 6.03 Å². The summed E-state index contributed by atoms with van der Waals surface area (Å²) in [4.78, 5) is 10.4. The van der Waals surface area contributed by atoms with Gasteiger partial charge in [-0.2, -0.15) is 0 Å². The van der Waals surface area contributed by atoms with Crippen LogP contribution in [0, 0.1) is 5.92 Å². The first-order valence-electron chi connectivity index (χ1n) is 5.88. The predicted molar refractivity (Wildman–Crippen MR) is 66.9 cm³/mol. The third kappa shape index (κ3) is 6.04. The highest BCUT2D eigenvalue weighted by Crippen LogP contribution is 2.04. The van der Waals surface area contributed by atoms with Crippen molar-refractivity contribution in [3.05, 3.63) is 5.89 Å². The molecule has 18 heavy (non-hydrogen) atoms. The first-order chi connectivity index (χ1) is 8.58. The van der Waals surface area contributed by atoms with Crippen molar-refractivity contribution in [1.29, 1.82) is 0 Å². The molecule has 0 aromatic carbocycles. The molecule has 1 heterocycles. The summed E-state index contributed by atoms with van der Waals surface area (Å²) >= 11 is 0. The van der Waals surface area contributed by atoms with E-state index in [1.54, 1.807) is 0 Å². The smallest absolute Gasteiger partial charge is 0.315 e. The van der Waals surface area contributed by atoms with Gasteiger partial charge in [-0.1, -0.05) is 18.9 Å². The Bertz CT molecular complexity index is 365. The van der Waals surface area contributed by atoms with Crippen LogP contribution in [0.5, 0.6) is 0 Å². The SMILES string of the molecule is CC(C)CNCc1nnc(NCCNC(N)=O)o1. The number of rotatable bonds is 8. The van der Waals surface area contributed by atoms with Crippen LogP contribution in [0.25, 0.3) is 0 Å². The van der Waals surface area contributed by atoms with E-state index in [0.29, 0.717) is 37.5 Å². The van der Waals surface area contributed by atoms with E-state index in [1.165, 1.54) is 0 Å². The third-order valence-corrected chi connectivity index (χ3v) is 2.00. The molecule has 0 saturated heterocycles. The largest absolute Gasteiger partial charge is 0.407 e. The number of anilines is 1. The lowest BCUT2D eigenvalue weighted by Crippen LogP contribution is -2.33. The number of primary amides is 1. The van der Waals surface area contributed by atoms with Gasteiger partial charge in [-0.3, -0.25) is 0 Å². The first kappa shape index (κ1) is 14.2. The van der Waals surface area contributed by atoms with E-state index in [9.17, 15) is 4.79 Å². The summed E-state index contributed by atoms with van der Waals surface area (Å²) in [7, 11) is 0. The monoisotopic (exact) mass is 256 g/mol. The Labute approximate surface area is 106 Å². The van der Waals surface area contributed by atoms with Gasteiger partial charge in [0.1, 0.15) is 0 Å². The fraction of sp³-hybridized carbons (Fsp3) is 0.700. The average molecular weight is 256 g/mol. The van der Waals surface area contributed by atoms with Gasteiger partial charge < -0.3 is 26.1 Å². The Morgan fingerprint density at radius 3 is 2.83 bits per heavy atom. The number of nitrogens with two attached hydrogens (primary N) is 1. The van der Waals surface area contributed by atoms with E-state index in [4.69, 9.17) is 10.2 Å². The lowest BCUT2D eigenvalue weighted by molar-refractivity contribution is 0.249. The van der Waals surface area contributed by atoms with Gasteiger partial charge in [-0.15, -0.1) is 5.10 Å². The van der Waals surface area contributed by atoms with E-state index in [0.717, 1.165) is 6.54 Å². The van der Waals surface area contributed by atoms with Crippen LogP contribution in [-0.4, -0.2) is 35.9 Å². The van der Waals surface area contributed by atoms with Gasteiger partial charge in [0.15, 0.2) is 0 Å². The lowest BCUT2D eigenvalue weighted by Gasteiger charge is -2.04. The normalized spacial score (nSPS) is 10.6. The van der Waals surface area contributed by atoms with E-state index in [2.05, 4.69) is 40.0 Å². The molecule has 0 spiro atoms. The van der Waals surface area contributed by atoms with Crippen molar-refractivity contribution in [1.82, 2.24) is 20.8 Å². The Hall–Kier alpha value is -1.83. The van der Waals surface area contributed by atoms with Crippen LogP contribution in [0.15, 0.2) is 4.42 Å². The highest BCUT2D eigenvalue weighted by atomic mass is 16.4. The molecule has 5 N–H and O–H groups in total. The molecule has 8 heteroatoms. The molecule has 0 fully saturated rings. The second-order valence-corrected chi connectivity index (χ2v) is 4.24. The summed E-state index contributed by atoms with van der Waals surface area (Å²) in [5.74, 6) is 1.10. The van der Waals surface area contributed by atoms with Gasteiger partial charge in [0, 0.05) is 13.1 Å². The Kier molecular flexibility index (Phi) is 5.92. The van der Waals surface area contributed by atoms with Gasteiger partial charge >= 0.3 is 12.0 Å². The van der Waals surface area contributed by atoms with Crippen molar-refractivity contribution in [2.75, 3.05) is 25.0 Å². The quantitative estimate of drug-likeness (QED) is 0.482. The molecule has 0 unspecified atom stereocenters. The minimum Gasteiger partial charge on any atom is -0.407 e. The number of carbonyl (C=O) groups is 1. The van der Waals surface area contributed by atoms with Crippen LogP contribution < -0.4 is 21.7 Å². The van der Waals surface area contributed by atoms with Crippen molar-refractivity contribution >= 4 is 12.0 Å². The highest BCUT2D eigenvalue weighted by Gasteiger charge is 2.05. The number of carbonyl (C=O) groups excluding carboxylic acids is 1. The molecule has 0 bridgehead atoms. The van der Waals surface area contributed by atoms with E-state index in [-0.39, 0.29) is 0 Å². The van der Waals surface area contributed by atoms with Crippen LogP contribution in [-0.2, 0) is 6.54 Å². The Morgan fingerprint density at radius 1 is 1.39 bits per heavy atom. The van der Waals surface area contributed by atoms with Crippen molar-refractivity contribution in [3.8, 4) is 0 Å². The number of nitrogens with one attached hydrogen (secondary N) is 3. The van der Waals surface area contributed by atoms with Gasteiger partial charge in [0.05, 0.1) is 6.54 Å². The van der Waals surface area contributed by atoms with Crippen molar-refractivity contribution in [3.63, 3.8) is 0 Å². The zero-order valence-electron chi connectivity index (χ0n) is 10.7. The maximum atomic E-state index is 10.4. The van der Waals surface area contributed by atoms with Gasteiger partial charge in [-0.05, 0) is 12.5 Å². The molecular formula is C10H20N6O2. The number of urea groups is 1. The average Bonchev–Trinajstić information content (AvgIpc) is 2.72. The van der Waals surface area contributed by atoms with Crippen LogP contribution >= 0.6 is 0 Å². The molecule has 1 aromatic rings. The summed E-state index contributed by atoms with van der Waals surface area (Å²) in [6.07, 6.45) is 0. The summed E-state index contributed by atoms with van der Waals surface area (Å²) in [6.45, 7) is 6.57. The van der Waals surface area contributed by atoms with Crippen molar-refractivity contribution in [2.45, 2.75) is 20.4 Å². The predicted octanol–water partition coefficient (Wildman–Crippen LogP) is -0.105. The standard InChI is InChI=1S/C10H20N6O2/c1-7(2)5-12-6-8-15-16-10(18-8)14-4-3-13-9(11)17/h7,12H,3-6H2,1-2H3,(H,14,16)(H3,11,13,17). The molecular weight excluding hydrogens is 236 g/mol. The third-order valence-electron chi connectivity index (χ3n) is 2.00. The van der Waals surface area contributed by atoms with Gasteiger partial charge in [0.25, 0.3) is 0 Å². The number of hydrogen-bond acceptors (Lipinski definition) is 6. The molecule has 8 nitrogen and oxygen atoms in total. The van der Waals surface area contributed by atoms with Crippen molar-refractivity contribution in [2.24, 2.45) is 11.7 Å². The number of nitrogens with zero attached hydrogens (tertiary/aromatic N) is 2. The summed E-state index contributed by atoms with van der Waals surface area (Å²) in [6, 6.07) is -0.219. The van der Waals surface area contributed by atoms with Crippen LogP contribution in [0.3, 0.4) is 0 Å². The Morgan fingerprint density at radius 2 is 2.17 bits per heavy atom. The fourth-order valence-electron chi connectivity index (χ4n) is 1.22. The molecule has 0 aliphatic carbocycles. The van der Waals surface area contributed by atoms with Gasteiger partial charge in [-0.25, -0.2) is 4.79 Å². The Balaban J connectivity index is 2.19. The molecule has 1 aromatic heterocycles. The molecule has 102 valence electrons. The van der Waals surface area contributed by atoms with Crippen LogP contribution in [0.2, 0.25) is 0 Å². The topological polar surface area (TPSA) is 118 Å². The minimum absolute atomic E-state index is 0.336. The second-order valence-electron chi connectivity index (χ2n) is 4.24. The fourth-order valence-corrected chi connectivity index (χ4v) is 1.22. The maximum Gasteiger partial charge on any atom is 0.315 e. The maximum absolute atomic E-state index is 10.4. The molecule has 2 amide bonds. The number of hydrogen-bond donors (Lipinski definition) is 4. The molecule has 0 aliphatic rings. The van der Waals surface area contributed by atoms with Crippen LogP contribution in [0.1, 0.15) is 19.7 Å². The lowest BCUT2D eigenvalue weighted by atomic mass is 10.2. The minimum atomic E-state index is -0.555. The van der Waals surface area contributed by atoms with E-state index in [1.807, 2.05) is 0 Å². The molecule has 0 aliphatic heterocycles. The zero-order valence-corrected chi connectivity index (χ0v) is 10.7. The zero-order chi connectivity index (χ0) is 13.4. The first-order valence-corrected chi connectivity index (χ1v) is 5.88. The summed E-state index contributed by atoms with van der Waals surface area (Å²) in [5, 5.41) is 16.2.